The molecule has 0 aromatic heterocycles. The van der Waals surface area contributed by atoms with Crippen molar-refractivity contribution in [2.24, 2.45) is 5.92 Å². The second kappa shape index (κ2) is 10.6. The van der Waals surface area contributed by atoms with E-state index in [2.05, 4.69) is 79.6 Å². The van der Waals surface area contributed by atoms with Gasteiger partial charge in [0.15, 0.2) is 0 Å². The molecule has 0 unspecified atom stereocenters. The minimum absolute atomic E-state index is 0.136. The van der Waals surface area contributed by atoms with E-state index in [0.717, 1.165) is 43.5 Å². The molecule has 2 aromatic rings. The molecule has 0 spiro atoms. The van der Waals surface area contributed by atoms with Crippen molar-refractivity contribution in [3.63, 3.8) is 0 Å². The van der Waals surface area contributed by atoms with Gasteiger partial charge in [0.05, 0.1) is 0 Å². The minimum atomic E-state index is 0.136. The molecule has 0 saturated carbocycles. The molecule has 30 heavy (non-hydrogen) atoms. The van der Waals surface area contributed by atoms with Crippen LogP contribution in [0.2, 0.25) is 0 Å². The van der Waals surface area contributed by atoms with Crippen LogP contribution in [0.4, 0.5) is 0 Å². The fourth-order valence-corrected chi connectivity index (χ4v) is 5.06. The SMILES string of the molecule is O=C(NCc1cccc(CN2CCCC2)c1)C1CCN(Cc2cccc(Br)c2)CC1. The van der Waals surface area contributed by atoms with E-state index in [0.29, 0.717) is 6.54 Å². The fourth-order valence-electron chi connectivity index (χ4n) is 4.62. The smallest absolute Gasteiger partial charge is 0.223 e. The normalized spacial score (nSPS) is 18.6. The van der Waals surface area contributed by atoms with Crippen LogP contribution in [0.1, 0.15) is 42.4 Å². The maximum atomic E-state index is 12.7. The van der Waals surface area contributed by atoms with E-state index in [9.17, 15) is 4.79 Å². The Morgan fingerprint density at radius 2 is 1.47 bits per heavy atom. The van der Waals surface area contributed by atoms with E-state index in [1.54, 1.807) is 0 Å². The Bertz CT molecular complexity index is 842. The maximum absolute atomic E-state index is 12.7. The monoisotopic (exact) mass is 469 g/mol. The van der Waals surface area contributed by atoms with Gasteiger partial charge in [0.1, 0.15) is 0 Å². The molecule has 0 atom stereocenters. The number of piperidine rings is 1. The molecular weight excluding hydrogens is 438 g/mol. The molecule has 2 fully saturated rings. The quantitative estimate of drug-likeness (QED) is 0.644. The summed E-state index contributed by atoms with van der Waals surface area (Å²) in [7, 11) is 0. The molecule has 1 amide bonds. The number of likely N-dealkylation sites (tertiary alicyclic amines) is 2. The molecule has 0 bridgehead atoms. The summed E-state index contributed by atoms with van der Waals surface area (Å²) in [5, 5.41) is 3.18. The highest BCUT2D eigenvalue weighted by molar-refractivity contribution is 9.10. The third-order valence-corrected chi connectivity index (χ3v) is 6.81. The molecule has 0 radical (unpaired) electrons. The first-order chi connectivity index (χ1) is 14.7. The Morgan fingerprint density at radius 1 is 0.867 bits per heavy atom. The summed E-state index contributed by atoms with van der Waals surface area (Å²) < 4.78 is 1.12. The van der Waals surface area contributed by atoms with Crippen LogP contribution in [0.15, 0.2) is 53.0 Å². The fraction of sp³-hybridized carbons (Fsp3) is 0.480. The topological polar surface area (TPSA) is 35.6 Å². The first kappa shape index (κ1) is 21.5. The summed E-state index contributed by atoms with van der Waals surface area (Å²) in [5.74, 6) is 0.346. The number of rotatable bonds is 7. The zero-order chi connectivity index (χ0) is 20.8. The Kier molecular flexibility index (Phi) is 7.58. The Hall–Kier alpha value is -1.69. The average molecular weight is 470 g/mol. The van der Waals surface area contributed by atoms with Crippen LogP contribution in [-0.2, 0) is 24.4 Å². The standard InChI is InChI=1S/C25H32BrN3O/c26-24-8-4-7-22(16-24)19-29-13-9-23(10-14-29)25(30)27-17-20-5-3-6-21(15-20)18-28-11-1-2-12-28/h3-8,15-16,23H,1-2,9-14,17-19H2,(H,27,30). The lowest BCUT2D eigenvalue weighted by atomic mass is 9.95. The molecule has 2 saturated heterocycles. The third kappa shape index (κ3) is 6.16. The number of halogens is 1. The van der Waals surface area contributed by atoms with E-state index in [-0.39, 0.29) is 11.8 Å². The molecule has 2 aliphatic heterocycles. The summed E-state index contributed by atoms with van der Waals surface area (Å²) in [6.07, 6.45) is 4.51. The average Bonchev–Trinajstić information content (AvgIpc) is 3.26. The number of hydrogen-bond donors (Lipinski definition) is 1. The van der Waals surface area contributed by atoms with Crippen LogP contribution in [-0.4, -0.2) is 41.9 Å². The predicted molar refractivity (Wildman–Crippen MR) is 125 cm³/mol. The van der Waals surface area contributed by atoms with E-state index in [4.69, 9.17) is 0 Å². The number of nitrogens with zero attached hydrogens (tertiary/aromatic N) is 2. The Morgan fingerprint density at radius 3 is 2.17 bits per heavy atom. The van der Waals surface area contributed by atoms with Crippen LogP contribution in [0.5, 0.6) is 0 Å². The van der Waals surface area contributed by atoms with Crippen LogP contribution < -0.4 is 5.32 Å². The van der Waals surface area contributed by atoms with Gasteiger partial charge in [0.25, 0.3) is 0 Å². The lowest BCUT2D eigenvalue weighted by Gasteiger charge is -2.31. The van der Waals surface area contributed by atoms with E-state index >= 15 is 0 Å². The number of benzene rings is 2. The van der Waals surface area contributed by atoms with Gasteiger partial charge in [-0.25, -0.2) is 0 Å². The van der Waals surface area contributed by atoms with Crippen LogP contribution in [0.3, 0.4) is 0 Å². The van der Waals surface area contributed by atoms with E-state index in [1.165, 1.54) is 42.6 Å². The maximum Gasteiger partial charge on any atom is 0.223 e. The third-order valence-electron chi connectivity index (χ3n) is 6.32. The van der Waals surface area contributed by atoms with Gasteiger partial charge in [0, 0.05) is 30.0 Å². The minimum Gasteiger partial charge on any atom is -0.352 e. The van der Waals surface area contributed by atoms with Crippen molar-refractivity contribution in [1.82, 2.24) is 15.1 Å². The molecule has 1 N–H and O–H groups in total. The molecule has 2 aromatic carbocycles. The van der Waals surface area contributed by atoms with Gasteiger partial charge in [-0.05, 0) is 80.7 Å². The first-order valence-corrected chi connectivity index (χ1v) is 12.0. The van der Waals surface area contributed by atoms with Gasteiger partial charge in [-0.15, -0.1) is 0 Å². The molecule has 2 heterocycles. The zero-order valence-electron chi connectivity index (χ0n) is 17.7. The number of carbonyl (C=O) groups is 1. The van der Waals surface area contributed by atoms with E-state index < -0.39 is 0 Å². The number of hydrogen-bond acceptors (Lipinski definition) is 3. The first-order valence-electron chi connectivity index (χ1n) is 11.2. The molecule has 2 aliphatic rings. The van der Waals surface area contributed by atoms with Gasteiger partial charge < -0.3 is 5.32 Å². The van der Waals surface area contributed by atoms with Gasteiger partial charge in [-0.3, -0.25) is 14.6 Å². The largest absolute Gasteiger partial charge is 0.352 e. The second-order valence-electron chi connectivity index (χ2n) is 8.70. The van der Waals surface area contributed by atoms with Crippen molar-refractivity contribution in [3.8, 4) is 0 Å². The second-order valence-corrected chi connectivity index (χ2v) is 9.62. The van der Waals surface area contributed by atoms with Crippen LogP contribution in [0, 0.1) is 5.92 Å². The lowest BCUT2D eigenvalue weighted by molar-refractivity contribution is -0.126. The van der Waals surface area contributed by atoms with Crippen molar-refractivity contribution >= 4 is 21.8 Å². The van der Waals surface area contributed by atoms with Crippen molar-refractivity contribution in [2.75, 3.05) is 26.2 Å². The van der Waals surface area contributed by atoms with Crippen molar-refractivity contribution in [2.45, 2.75) is 45.3 Å². The van der Waals surface area contributed by atoms with Crippen LogP contribution >= 0.6 is 15.9 Å². The summed E-state index contributed by atoms with van der Waals surface area (Å²) in [4.78, 5) is 17.7. The lowest BCUT2D eigenvalue weighted by Crippen LogP contribution is -2.40. The summed E-state index contributed by atoms with van der Waals surface area (Å²) in [6.45, 7) is 7.00. The summed E-state index contributed by atoms with van der Waals surface area (Å²) >= 11 is 3.54. The predicted octanol–water partition coefficient (Wildman–Crippen LogP) is 4.57. The highest BCUT2D eigenvalue weighted by Gasteiger charge is 2.24. The van der Waals surface area contributed by atoms with Gasteiger partial charge >= 0.3 is 0 Å². The van der Waals surface area contributed by atoms with Crippen molar-refractivity contribution in [3.05, 3.63) is 69.7 Å². The Labute approximate surface area is 188 Å². The molecule has 160 valence electrons. The highest BCUT2D eigenvalue weighted by atomic mass is 79.9. The van der Waals surface area contributed by atoms with Crippen molar-refractivity contribution < 1.29 is 4.79 Å². The van der Waals surface area contributed by atoms with Gasteiger partial charge in [-0.2, -0.15) is 0 Å². The molecule has 4 nitrogen and oxygen atoms in total. The van der Waals surface area contributed by atoms with E-state index in [1.807, 2.05) is 0 Å². The van der Waals surface area contributed by atoms with Crippen LogP contribution in [0.25, 0.3) is 0 Å². The molecule has 4 rings (SSSR count). The molecule has 5 heteroatoms. The van der Waals surface area contributed by atoms with Crippen molar-refractivity contribution in [1.29, 1.82) is 0 Å². The zero-order valence-corrected chi connectivity index (χ0v) is 19.2. The summed E-state index contributed by atoms with van der Waals surface area (Å²) in [5.41, 5.74) is 3.87. The number of nitrogens with one attached hydrogen (secondary N) is 1. The molecular formula is C25H32BrN3O. The Balaban J connectivity index is 1.21. The summed E-state index contributed by atoms with van der Waals surface area (Å²) in [6, 6.07) is 17.2. The number of amides is 1. The van der Waals surface area contributed by atoms with Gasteiger partial charge in [0.2, 0.25) is 5.91 Å². The molecule has 0 aliphatic carbocycles. The number of carbonyl (C=O) groups excluding carboxylic acids is 1. The highest BCUT2D eigenvalue weighted by Crippen LogP contribution is 2.21. The van der Waals surface area contributed by atoms with Gasteiger partial charge in [-0.1, -0.05) is 52.3 Å².